The van der Waals surface area contributed by atoms with Gasteiger partial charge in [-0.25, -0.2) is 0 Å². The Kier molecular flexibility index (Phi) is 4.28. The number of carbonyl (C=O) groups excluding carboxylic acids is 1. The molecule has 1 aromatic heterocycles. The lowest BCUT2D eigenvalue weighted by molar-refractivity contribution is -0.123. The molecule has 0 radical (unpaired) electrons. The van der Waals surface area contributed by atoms with Crippen LogP contribution in [0.1, 0.15) is 26.3 Å². The van der Waals surface area contributed by atoms with Gasteiger partial charge in [0, 0.05) is 11.0 Å². The maximum atomic E-state index is 11.8. The van der Waals surface area contributed by atoms with E-state index in [-0.39, 0.29) is 11.2 Å². The molecule has 0 aliphatic rings. The van der Waals surface area contributed by atoms with Crippen molar-refractivity contribution >= 4 is 17.5 Å². The molecular weight excluding hydrogens is 272 g/mol. The second-order valence-electron chi connectivity index (χ2n) is 5.70. The molecule has 1 aromatic carbocycles. The van der Waals surface area contributed by atoms with E-state index in [1.54, 1.807) is 0 Å². The lowest BCUT2D eigenvalue weighted by Crippen LogP contribution is -2.21. The maximum absolute atomic E-state index is 11.8. The van der Waals surface area contributed by atoms with Crippen molar-refractivity contribution < 1.29 is 9.21 Å². The first-order valence-electron chi connectivity index (χ1n) is 6.43. The van der Waals surface area contributed by atoms with E-state index in [9.17, 15) is 4.79 Å². The van der Waals surface area contributed by atoms with E-state index in [4.69, 9.17) is 4.42 Å². The molecule has 0 atom stereocenters. The normalized spacial score (nSPS) is 11.6. The van der Waals surface area contributed by atoms with Crippen molar-refractivity contribution in [1.82, 2.24) is 10.2 Å². The van der Waals surface area contributed by atoms with Gasteiger partial charge < -0.3 is 4.42 Å². The third-order valence-electron chi connectivity index (χ3n) is 2.87. The molecule has 0 amide bonds. The van der Waals surface area contributed by atoms with E-state index in [0.717, 1.165) is 5.56 Å². The van der Waals surface area contributed by atoms with Crippen molar-refractivity contribution in [3.8, 4) is 11.5 Å². The Bertz CT molecular complexity index is 597. The van der Waals surface area contributed by atoms with Gasteiger partial charge in [0.05, 0.1) is 5.75 Å². The highest BCUT2D eigenvalue weighted by Gasteiger charge is 2.22. The van der Waals surface area contributed by atoms with Crippen molar-refractivity contribution in [3.05, 3.63) is 29.8 Å². The van der Waals surface area contributed by atoms with Crippen molar-refractivity contribution in [1.29, 1.82) is 0 Å². The number of thioether (sulfide) groups is 1. The van der Waals surface area contributed by atoms with Crippen LogP contribution < -0.4 is 0 Å². The van der Waals surface area contributed by atoms with E-state index < -0.39 is 0 Å². The molecule has 0 N–H and O–H groups in total. The summed E-state index contributed by atoms with van der Waals surface area (Å²) in [6.07, 6.45) is 0. The molecule has 0 unspecified atom stereocenters. The zero-order valence-electron chi connectivity index (χ0n) is 12.1. The number of hydrogen-bond donors (Lipinski definition) is 0. The fourth-order valence-corrected chi connectivity index (χ4v) is 2.35. The van der Waals surface area contributed by atoms with E-state index in [1.807, 2.05) is 52.0 Å². The van der Waals surface area contributed by atoms with E-state index in [0.29, 0.717) is 16.9 Å². The molecule has 0 saturated heterocycles. The van der Waals surface area contributed by atoms with Crippen LogP contribution in [0.4, 0.5) is 0 Å². The van der Waals surface area contributed by atoms with Gasteiger partial charge in [-0.1, -0.05) is 50.2 Å². The van der Waals surface area contributed by atoms with Gasteiger partial charge in [0.1, 0.15) is 5.78 Å². The Morgan fingerprint density at radius 2 is 1.85 bits per heavy atom. The summed E-state index contributed by atoms with van der Waals surface area (Å²) in [4.78, 5) is 11.8. The van der Waals surface area contributed by atoms with Crippen molar-refractivity contribution in [2.45, 2.75) is 32.9 Å². The molecule has 0 fully saturated rings. The molecule has 106 valence electrons. The van der Waals surface area contributed by atoms with Gasteiger partial charge in [-0.3, -0.25) is 4.79 Å². The molecule has 5 heteroatoms. The van der Waals surface area contributed by atoms with Crippen LogP contribution in [-0.4, -0.2) is 21.7 Å². The van der Waals surface area contributed by atoms with Gasteiger partial charge in [-0.2, -0.15) is 0 Å². The molecule has 1 heterocycles. The summed E-state index contributed by atoms with van der Waals surface area (Å²) >= 11 is 1.28. The van der Waals surface area contributed by atoms with Crippen LogP contribution in [0.5, 0.6) is 0 Å². The molecule has 0 aliphatic heterocycles. The molecule has 0 spiro atoms. The van der Waals surface area contributed by atoms with Gasteiger partial charge in [0.15, 0.2) is 0 Å². The number of aromatic nitrogens is 2. The van der Waals surface area contributed by atoms with Crippen LogP contribution in [-0.2, 0) is 4.79 Å². The minimum atomic E-state index is -0.340. The summed E-state index contributed by atoms with van der Waals surface area (Å²) in [5, 5.41) is 8.40. The first kappa shape index (κ1) is 14.8. The first-order chi connectivity index (χ1) is 9.36. The maximum Gasteiger partial charge on any atom is 0.277 e. The lowest BCUT2D eigenvalue weighted by Gasteiger charge is -2.14. The second kappa shape index (κ2) is 5.79. The summed E-state index contributed by atoms with van der Waals surface area (Å²) in [7, 11) is 0. The number of hydrogen-bond acceptors (Lipinski definition) is 5. The van der Waals surface area contributed by atoms with Crippen LogP contribution in [0.25, 0.3) is 11.5 Å². The molecule has 2 rings (SSSR count). The second-order valence-corrected chi connectivity index (χ2v) is 6.63. The van der Waals surface area contributed by atoms with Crippen molar-refractivity contribution in [2.24, 2.45) is 5.41 Å². The molecule has 2 aromatic rings. The molecule has 0 saturated carbocycles. The summed E-state index contributed by atoms with van der Waals surface area (Å²) < 4.78 is 5.56. The molecule has 0 bridgehead atoms. The van der Waals surface area contributed by atoms with Gasteiger partial charge in [-0.15, -0.1) is 10.2 Å². The minimum Gasteiger partial charge on any atom is -0.411 e. The van der Waals surface area contributed by atoms with E-state index in [2.05, 4.69) is 10.2 Å². The Morgan fingerprint density at radius 3 is 2.45 bits per heavy atom. The van der Waals surface area contributed by atoms with Crippen LogP contribution in [0.15, 0.2) is 33.9 Å². The Balaban J connectivity index is 2.03. The fourth-order valence-electron chi connectivity index (χ4n) is 1.42. The molecule has 0 aliphatic carbocycles. The molecule has 20 heavy (non-hydrogen) atoms. The monoisotopic (exact) mass is 290 g/mol. The quantitative estimate of drug-likeness (QED) is 0.803. The van der Waals surface area contributed by atoms with E-state index >= 15 is 0 Å². The largest absolute Gasteiger partial charge is 0.411 e. The number of rotatable bonds is 4. The van der Waals surface area contributed by atoms with Crippen molar-refractivity contribution in [3.63, 3.8) is 0 Å². The average molecular weight is 290 g/mol. The third kappa shape index (κ3) is 3.70. The highest BCUT2D eigenvalue weighted by molar-refractivity contribution is 7.99. The van der Waals surface area contributed by atoms with Crippen LogP contribution >= 0.6 is 11.8 Å². The number of benzene rings is 1. The number of nitrogens with zero attached hydrogens (tertiary/aromatic N) is 2. The van der Waals surface area contributed by atoms with Crippen LogP contribution in [0.3, 0.4) is 0 Å². The SMILES string of the molecule is Cc1ccc(-c2nnc(SCC(=O)C(C)(C)C)o2)cc1. The van der Waals surface area contributed by atoms with Gasteiger partial charge in [0.2, 0.25) is 5.89 Å². The van der Waals surface area contributed by atoms with Gasteiger partial charge in [0.25, 0.3) is 5.22 Å². The third-order valence-corrected chi connectivity index (χ3v) is 3.69. The predicted octanol–water partition coefficient (Wildman–Crippen LogP) is 3.75. The van der Waals surface area contributed by atoms with Crippen molar-refractivity contribution in [2.75, 3.05) is 5.75 Å². The minimum absolute atomic E-state index is 0.164. The highest BCUT2D eigenvalue weighted by atomic mass is 32.2. The molecule has 4 nitrogen and oxygen atoms in total. The predicted molar refractivity (Wildman–Crippen MR) is 79.7 cm³/mol. The summed E-state index contributed by atoms with van der Waals surface area (Å²) in [5.74, 6) is 0.993. The zero-order chi connectivity index (χ0) is 14.8. The lowest BCUT2D eigenvalue weighted by atomic mass is 9.92. The zero-order valence-corrected chi connectivity index (χ0v) is 13.0. The Hall–Kier alpha value is -1.62. The summed E-state index contributed by atoms with van der Waals surface area (Å²) in [5.41, 5.74) is 1.73. The topological polar surface area (TPSA) is 56.0 Å². The summed E-state index contributed by atoms with van der Waals surface area (Å²) in [6, 6.07) is 7.88. The smallest absolute Gasteiger partial charge is 0.277 e. The van der Waals surface area contributed by atoms with E-state index in [1.165, 1.54) is 17.3 Å². The van der Waals surface area contributed by atoms with Gasteiger partial charge in [-0.05, 0) is 19.1 Å². The average Bonchev–Trinajstić information content (AvgIpc) is 2.84. The number of aryl methyl sites for hydroxylation is 1. The molecular formula is C15H18N2O2S. The first-order valence-corrected chi connectivity index (χ1v) is 7.41. The highest BCUT2D eigenvalue weighted by Crippen LogP contribution is 2.25. The number of Topliss-reactive ketones (excluding diaryl/α,β-unsaturated/α-hetero) is 1. The summed E-state index contributed by atoms with van der Waals surface area (Å²) in [6.45, 7) is 7.74. The fraction of sp³-hybridized carbons (Fsp3) is 0.400. The van der Waals surface area contributed by atoms with Crippen LogP contribution in [0, 0.1) is 12.3 Å². The van der Waals surface area contributed by atoms with Gasteiger partial charge >= 0.3 is 0 Å². The number of carbonyl (C=O) groups is 1. The Labute approximate surface area is 123 Å². The standard InChI is InChI=1S/C15H18N2O2S/c1-10-5-7-11(8-6-10)13-16-17-14(19-13)20-9-12(18)15(2,3)4/h5-8H,9H2,1-4H3. The number of ketones is 1. The Morgan fingerprint density at radius 1 is 1.20 bits per heavy atom. The van der Waals surface area contributed by atoms with Crippen LogP contribution in [0.2, 0.25) is 0 Å².